The lowest BCUT2D eigenvalue weighted by Crippen LogP contribution is -2.28. The second-order valence-corrected chi connectivity index (χ2v) is 5.04. The molecule has 1 aromatic rings. The number of sulfonamides is 1. The summed E-state index contributed by atoms with van der Waals surface area (Å²) in [6.45, 7) is 0.340. The smallest absolute Gasteiger partial charge is 0.212 e. The highest BCUT2D eigenvalue weighted by Gasteiger charge is 2.08. The quantitative estimate of drug-likeness (QED) is 0.751. The molecule has 1 rings (SSSR count). The zero-order valence-corrected chi connectivity index (χ0v) is 9.14. The molecule has 0 saturated heterocycles. The first-order valence-electron chi connectivity index (χ1n) is 4.20. The largest absolute Gasteiger partial charge is 0.469 e. The van der Waals surface area contributed by atoms with Crippen LogP contribution in [0.25, 0.3) is 0 Å². The number of rotatable bonds is 6. The molecule has 0 spiro atoms. The third-order valence-electron chi connectivity index (χ3n) is 1.62. The summed E-state index contributed by atoms with van der Waals surface area (Å²) in [5.41, 5.74) is 0. The molecule has 4 nitrogen and oxygen atoms in total. The van der Waals surface area contributed by atoms with Crippen LogP contribution in [-0.4, -0.2) is 26.6 Å². The Bertz CT molecular complexity index is 347. The Labute approximate surface area is 88.3 Å². The summed E-state index contributed by atoms with van der Waals surface area (Å²) in [5, 5.41) is 0. The maximum atomic E-state index is 11.1. The van der Waals surface area contributed by atoms with E-state index in [-0.39, 0.29) is 11.6 Å². The maximum Gasteiger partial charge on any atom is 0.212 e. The van der Waals surface area contributed by atoms with Crippen LogP contribution in [-0.2, 0) is 16.4 Å². The van der Waals surface area contributed by atoms with Crippen molar-refractivity contribution in [2.45, 2.75) is 6.42 Å². The lowest BCUT2D eigenvalue weighted by Gasteiger charge is -2.02. The summed E-state index contributed by atoms with van der Waals surface area (Å²) in [6, 6.07) is 3.57. The molecule has 0 fully saturated rings. The molecule has 1 heterocycles. The average molecular weight is 238 g/mol. The van der Waals surface area contributed by atoms with E-state index in [1.54, 1.807) is 18.4 Å². The molecule has 0 radical (unpaired) electrons. The normalized spacial score (nSPS) is 11.8. The molecule has 0 aliphatic rings. The van der Waals surface area contributed by atoms with Crippen molar-refractivity contribution in [2.24, 2.45) is 0 Å². The second-order valence-electron chi connectivity index (χ2n) is 2.73. The Morgan fingerprint density at radius 2 is 2.29 bits per heavy atom. The molecule has 0 aliphatic heterocycles. The third kappa shape index (κ3) is 4.13. The molecule has 0 amide bonds. The fourth-order valence-corrected chi connectivity index (χ4v) is 2.33. The summed E-state index contributed by atoms with van der Waals surface area (Å²) < 4.78 is 29.7. The minimum Gasteiger partial charge on any atom is -0.469 e. The molecule has 0 bridgehead atoms. The predicted octanol–water partition coefficient (Wildman–Crippen LogP) is 0.980. The number of halogens is 1. The Morgan fingerprint density at radius 3 is 2.86 bits per heavy atom. The van der Waals surface area contributed by atoms with E-state index in [2.05, 4.69) is 4.72 Å². The number of nitrogens with one attached hydrogen (secondary N) is 1. The lowest BCUT2D eigenvalue weighted by molar-refractivity contribution is 0.506. The molecule has 0 aliphatic carbocycles. The molecule has 0 aromatic carbocycles. The summed E-state index contributed by atoms with van der Waals surface area (Å²) in [7, 11) is -3.21. The highest BCUT2D eigenvalue weighted by molar-refractivity contribution is 7.89. The van der Waals surface area contributed by atoms with Gasteiger partial charge in [-0.05, 0) is 12.1 Å². The van der Waals surface area contributed by atoms with Gasteiger partial charge in [0.15, 0.2) is 0 Å². The van der Waals surface area contributed by atoms with Crippen LogP contribution in [0.4, 0.5) is 0 Å². The van der Waals surface area contributed by atoms with Gasteiger partial charge in [-0.25, -0.2) is 13.1 Å². The Kier molecular flexibility index (Phi) is 4.44. The molecule has 0 atom stereocenters. The van der Waals surface area contributed by atoms with Crippen molar-refractivity contribution in [1.82, 2.24) is 4.72 Å². The van der Waals surface area contributed by atoms with Crippen LogP contribution in [0.2, 0.25) is 0 Å². The molecule has 1 aromatic heterocycles. The SMILES string of the molecule is O=S(=O)(CCCl)NCCc1ccco1. The zero-order valence-electron chi connectivity index (χ0n) is 7.57. The van der Waals surface area contributed by atoms with Crippen molar-refractivity contribution < 1.29 is 12.8 Å². The fraction of sp³-hybridized carbons (Fsp3) is 0.500. The number of alkyl halides is 1. The van der Waals surface area contributed by atoms with Crippen molar-refractivity contribution >= 4 is 21.6 Å². The third-order valence-corrected chi connectivity index (χ3v) is 3.42. The monoisotopic (exact) mass is 237 g/mol. The van der Waals surface area contributed by atoms with Crippen molar-refractivity contribution in [3.8, 4) is 0 Å². The highest BCUT2D eigenvalue weighted by atomic mass is 35.5. The number of hydrogen-bond acceptors (Lipinski definition) is 3. The summed E-state index contributed by atoms with van der Waals surface area (Å²) >= 11 is 5.33. The van der Waals surface area contributed by atoms with Crippen LogP contribution in [0.5, 0.6) is 0 Å². The molecule has 0 saturated carbocycles. The maximum absolute atomic E-state index is 11.1. The fourth-order valence-electron chi connectivity index (χ4n) is 0.958. The van der Waals surface area contributed by atoms with Crippen LogP contribution >= 0.6 is 11.6 Å². The minimum absolute atomic E-state index is 0.0489. The van der Waals surface area contributed by atoms with Crippen molar-refractivity contribution in [1.29, 1.82) is 0 Å². The molecular formula is C8H12ClNO3S. The average Bonchev–Trinajstić information content (AvgIpc) is 2.56. The van der Waals surface area contributed by atoms with Gasteiger partial charge in [0.05, 0.1) is 12.0 Å². The summed E-state index contributed by atoms with van der Waals surface area (Å²) in [6.07, 6.45) is 2.11. The van der Waals surface area contributed by atoms with Crippen molar-refractivity contribution in [3.63, 3.8) is 0 Å². The van der Waals surface area contributed by atoms with E-state index >= 15 is 0 Å². The van der Waals surface area contributed by atoms with Crippen LogP contribution in [0.1, 0.15) is 5.76 Å². The minimum atomic E-state index is -3.21. The predicted molar refractivity (Wildman–Crippen MR) is 54.9 cm³/mol. The molecule has 80 valence electrons. The van der Waals surface area contributed by atoms with Gasteiger partial charge in [0, 0.05) is 18.8 Å². The molecule has 6 heteroatoms. The first kappa shape index (κ1) is 11.6. The lowest BCUT2D eigenvalue weighted by atomic mass is 10.3. The Hall–Kier alpha value is -0.520. The van der Waals surface area contributed by atoms with Gasteiger partial charge >= 0.3 is 0 Å². The van der Waals surface area contributed by atoms with Gasteiger partial charge in [-0.15, -0.1) is 11.6 Å². The van der Waals surface area contributed by atoms with Gasteiger partial charge in [0.1, 0.15) is 5.76 Å². The van der Waals surface area contributed by atoms with E-state index in [0.717, 1.165) is 5.76 Å². The van der Waals surface area contributed by atoms with Crippen LogP contribution in [0.3, 0.4) is 0 Å². The first-order valence-corrected chi connectivity index (χ1v) is 6.38. The van der Waals surface area contributed by atoms with E-state index < -0.39 is 10.0 Å². The summed E-state index contributed by atoms with van der Waals surface area (Å²) in [5.74, 6) is 0.821. The molecule has 0 unspecified atom stereocenters. The molecule has 14 heavy (non-hydrogen) atoms. The van der Waals surface area contributed by atoms with E-state index in [4.69, 9.17) is 16.0 Å². The van der Waals surface area contributed by atoms with E-state index in [1.807, 2.05) is 0 Å². The second kappa shape index (κ2) is 5.38. The van der Waals surface area contributed by atoms with Crippen molar-refractivity contribution in [3.05, 3.63) is 24.2 Å². The number of hydrogen-bond donors (Lipinski definition) is 1. The standard InChI is InChI=1S/C8H12ClNO3S/c9-4-7-14(11,12)10-5-3-8-2-1-6-13-8/h1-2,6,10H,3-5,7H2. The number of furan rings is 1. The Morgan fingerprint density at radius 1 is 1.50 bits per heavy atom. The van der Waals surface area contributed by atoms with E-state index in [1.165, 1.54) is 0 Å². The van der Waals surface area contributed by atoms with Gasteiger partial charge in [-0.3, -0.25) is 0 Å². The zero-order chi connectivity index (χ0) is 10.4. The van der Waals surface area contributed by atoms with Gasteiger partial charge in [0.2, 0.25) is 10.0 Å². The van der Waals surface area contributed by atoms with E-state index in [0.29, 0.717) is 13.0 Å². The molecule has 1 N–H and O–H groups in total. The van der Waals surface area contributed by atoms with Crippen molar-refractivity contribution in [2.75, 3.05) is 18.2 Å². The van der Waals surface area contributed by atoms with Gasteiger partial charge in [-0.1, -0.05) is 0 Å². The van der Waals surface area contributed by atoms with Crippen LogP contribution in [0.15, 0.2) is 22.8 Å². The van der Waals surface area contributed by atoms with Gasteiger partial charge in [-0.2, -0.15) is 0 Å². The van der Waals surface area contributed by atoms with Gasteiger partial charge < -0.3 is 4.42 Å². The highest BCUT2D eigenvalue weighted by Crippen LogP contribution is 2.00. The Balaban J connectivity index is 2.28. The first-order chi connectivity index (χ1) is 6.64. The van der Waals surface area contributed by atoms with Crippen LogP contribution < -0.4 is 4.72 Å². The summed E-state index contributed by atoms with van der Waals surface area (Å²) in [4.78, 5) is 0. The van der Waals surface area contributed by atoms with E-state index in [9.17, 15) is 8.42 Å². The van der Waals surface area contributed by atoms with Crippen LogP contribution in [0, 0.1) is 0 Å². The molecular weight excluding hydrogens is 226 g/mol. The van der Waals surface area contributed by atoms with Gasteiger partial charge in [0.25, 0.3) is 0 Å². The topological polar surface area (TPSA) is 59.3 Å².